The molecule has 1 fully saturated rings. The summed E-state index contributed by atoms with van der Waals surface area (Å²) in [5.74, 6) is 0.440. The van der Waals surface area contributed by atoms with E-state index in [0.29, 0.717) is 23.6 Å². The third-order valence-corrected chi connectivity index (χ3v) is 3.55. The van der Waals surface area contributed by atoms with Gasteiger partial charge in [-0.25, -0.2) is 0 Å². The Kier molecular flexibility index (Phi) is 5.04. The lowest BCUT2D eigenvalue weighted by molar-refractivity contribution is 0.0924. The van der Waals surface area contributed by atoms with Crippen LogP contribution in [-0.4, -0.2) is 18.6 Å². The molecule has 3 N–H and O–H groups in total. The molecule has 1 amide bonds. The molecule has 0 spiro atoms. The Bertz CT molecular complexity index is 479. The van der Waals surface area contributed by atoms with Crippen molar-refractivity contribution in [3.05, 3.63) is 36.4 Å². The number of rotatable bonds is 5. The maximum Gasteiger partial charge on any atom is 0.255 e. The van der Waals surface area contributed by atoms with E-state index in [9.17, 15) is 4.79 Å². The van der Waals surface area contributed by atoms with Crippen molar-refractivity contribution in [1.82, 2.24) is 5.32 Å². The summed E-state index contributed by atoms with van der Waals surface area (Å²) in [5.41, 5.74) is 6.83. The maximum absolute atomic E-state index is 12.4. The molecular weight excluding hydrogens is 252 g/mol. The number of hydrogen-bond donors (Lipinski definition) is 2. The number of amides is 1. The molecule has 0 aliphatic heterocycles. The number of carbonyl (C=O) groups excluding carboxylic acids is 1. The van der Waals surface area contributed by atoms with Gasteiger partial charge in [-0.2, -0.15) is 0 Å². The summed E-state index contributed by atoms with van der Waals surface area (Å²) in [6.07, 6.45) is 7.38. The molecule has 1 aromatic carbocycles. The lowest BCUT2D eigenvalue weighted by atomic mass is 9.95. The number of carbonyl (C=O) groups is 1. The van der Waals surface area contributed by atoms with Gasteiger partial charge in [-0.05, 0) is 31.0 Å². The van der Waals surface area contributed by atoms with Crippen LogP contribution in [-0.2, 0) is 0 Å². The van der Waals surface area contributed by atoms with Gasteiger partial charge in [0.15, 0.2) is 0 Å². The van der Waals surface area contributed by atoms with Crippen LogP contribution in [0.1, 0.15) is 42.5 Å². The highest BCUT2D eigenvalue weighted by Gasteiger charge is 2.19. The van der Waals surface area contributed by atoms with Gasteiger partial charge >= 0.3 is 0 Å². The molecule has 0 unspecified atom stereocenters. The van der Waals surface area contributed by atoms with Gasteiger partial charge in [0, 0.05) is 11.7 Å². The molecular formula is C16H22N2O2. The minimum atomic E-state index is -0.108. The molecule has 108 valence electrons. The summed E-state index contributed by atoms with van der Waals surface area (Å²) < 4.78 is 5.52. The van der Waals surface area contributed by atoms with Gasteiger partial charge in [0.05, 0.1) is 5.56 Å². The van der Waals surface area contributed by atoms with Crippen molar-refractivity contribution in [3.63, 3.8) is 0 Å². The van der Waals surface area contributed by atoms with E-state index in [-0.39, 0.29) is 11.9 Å². The van der Waals surface area contributed by atoms with Crippen molar-refractivity contribution in [3.8, 4) is 5.75 Å². The summed E-state index contributed by atoms with van der Waals surface area (Å²) in [6, 6.07) is 5.39. The molecule has 0 radical (unpaired) electrons. The topological polar surface area (TPSA) is 64.3 Å². The highest BCUT2D eigenvalue weighted by atomic mass is 16.5. The van der Waals surface area contributed by atoms with Crippen LogP contribution in [0, 0.1) is 0 Å². The van der Waals surface area contributed by atoms with Crippen molar-refractivity contribution in [2.24, 2.45) is 0 Å². The van der Waals surface area contributed by atoms with E-state index in [1.54, 1.807) is 24.3 Å². The molecule has 4 heteroatoms. The minimum Gasteiger partial charge on any atom is -0.489 e. The van der Waals surface area contributed by atoms with Crippen molar-refractivity contribution >= 4 is 11.6 Å². The van der Waals surface area contributed by atoms with Gasteiger partial charge in [0.2, 0.25) is 0 Å². The maximum atomic E-state index is 12.4. The average molecular weight is 274 g/mol. The number of nitrogens with two attached hydrogens (primary N) is 1. The van der Waals surface area contributed by atoms with Crippen LogP contribution >= 0.6 is 0 Å². The number of hydrogen-bond acceptors (Lipinski definition) is 3. The summed E-state index contributed by atoms with van der Waals surface area (Å²) in [7, 11) is 0. The first kappa shape index (κ1) is 14.4. The molecule has 20 heavy (non-hydrogen) atoms. The Morgan fingerprint density at radius 1 is 1.40 bits per heavy atom. The first-order valence-electron chi connectivity index (χ1n) is 7.15. The zero-order chi connectivity index (χ0) is 14.4. The van der Waals surface area contributed by atoms with Crippen molar-refractivity contribution < 1.29 is 9.53 Å². The quantitative estimate of drug-likeness (QED) is 0.641. The fraction of sp³-hybridized carbons (Fsp3) is 0.438. The second kappa shape index (κ2) is 6.98. The summed E-state index contributed by atoms with van der Waals surface area (Å²) in [5, 5.41) is 3.08. The van der Waals surface area contributed by atoms with E-state index in [1.807, 2.05) is 0 Å². The van der Waals surface area contributed by atoms with Gasteiger partial charge in [-0.15, -0.1) is 0 Å². The number of anilines is 1. The molecule has 2 rings (SSSR count). The summed E-state index contributed by atoms with van der Waals surface area (Å²) >= 11 is 0. The fourth-order valence-electron chi connectivity index (χ4n) is 2.51. The lowest BCUT2D eigenvalue weighted by Crippen LogP contribution is -2.36. The number of nitrogens with one attached hydrogen (secondary N) is 1. The molecule has 1 aromatic rings. The van der Waals surface area contributed by atoms with Crippen LogP contribution in [0.25, 0.3) is 0 Å². The number of ether oxygens (including phenoxy) is 1. The summed E-state index contributed by atoms with van der Waals surface area (Å²) in [4.78, 5) is 12.4. The normalized spacial score (nSPS) is 15.6. The van der Waals surface area contributed by atoms with Gasteiger partial charge in [0.1, 0.15) is 12.4 Å². The highest BCUT2D eigenvalue weighted by Crippen LogP contribution is 2.23. The Balaban J connectivity index is 2.10. The first-order chi connectivity index (χ1) is 9.70. The van der Waals surface area contributed by atoms with Gasteiger partial charge in [-0.1, -0.05) is 31.9 Å². The smallest absolute Gasteiger partial charge is 0.255 e. The SMILES string of the molecule is C=CCOc1ccc(N)cc1C(=O)NC1CCCCC1. The zero-order valence-corrected chi connectivity index (χ0v) is 11.7. The second-order valence-corrected chi connectivity index (χ2v) is 5.16. The number of benzene rings is 1. The van der Waals surface area contributed by atoms with Crippen LogP contribution in [0.15, 0.2) is 30.9 Å². The third-order valence-electron chi connectivity index (χ3n) is 3.55. The summed E-state index contributed by atoms with van der Waals surface area (Å²) in [6.45, 7) is 3.98. The molecule has 1 aliphatic rings. The van der Waals surface area contributed by atoms with E-state index in [4.69, 9.17) is 10.5 Å². The highest BCUT2D eigenvalue weighted by molar-refractivity contribution is 5.98. The fourth-order valence-corrected chi connectivity index (χ4v) is 2.51. The van der Waals surface area contributed by atoms with Crippen LogP contribution in [0.2, 0.25) is 0 Å². The Labute approximate surface area is 120 Å². The molecule has 0 bridgehead atoms. The Morgan fingerprint density at radius 3 is 2.85 bits per heavy atom. The standard InChI is InChI=1S/C16H22N2O2/c1-2-10-20-15-9-8-12(17)11-14(15)16(19)18-13-6-4-3-5-7-13/h2,8-9,11,13H,1,3-7,10,17H2,(H,18,19). The largest absolute Gasteiger partial charge is 0.489 e. The van der Waals surface area contributed by atoms with E-state index < -0.39 is 0 Å². The van der Waals surface area contributed by atoms with E-state index in [2.05, 4.69) is 11.9 Å². The van der Waals surface area contributed by atoms with Crippen molar-refractivity contribution in [1.29, 1.82) is 0 Å². The monoisotopic (exact) mass is 274 g/mol. The van der Waals surface area contributed by atoms with Crippen LogP contribution in [0.4, 0.5) is 5.69 Å². The third kappa shape index (κ3) is 3.76. The van der Waals surface area contributed by atoms with Gasteiger partial charge in [0.25, 0.3) is 5.91 Å². The lowest BCUT2D eigenvalue weighted by Gasteiger charge is -2.23. The van der Waals surface area contributed by atoms with Crippen LogP contribution < -0.4 is 15.8 Å². The molecule has 0 atom stereocenters. The molecule has 1 aliphatic carbocycles. The predicted molar refractivity (Wildman–Crippen MR) is 80.9 cm³/mol. The zero-order valence-electron chi connectivity index (χ0n) is 11.7. The average Bonchev–Trinajstić information content (AvgIpc) is 2.47. The van der Waals surface area contributed by atoms with Crippen molar-refractivity contribution in [2.75, 3.05) is 12.3 Å². The van der Waals surface area contributed by atoms with Gasteiger partial charge in [-0.3, -0.25) is 4.79 Å². The van der Waals surface area contributed by atoms with Crippen molar-refractivity contribution in [2.45, 2.75) is 38.1 Å². The van der Waals surface area contributed by atoms with E-state index in [0.717, 1.165) is 12.8 Å². The van der Waals surface area contributed by atoms with E-state index in [1.165, 1.54) is 19.3 Å². The molecule has 0 heterocycles. The molecule has 4 nitrogen and oxygen atoms in total. The first-order valence-corrected chi connectivity index (χ1v) is 7.15. The molecule has 0 saturated heterocycles. The Hall–Kier alpha value is -1.97. The van der Waals surface area contributed by atoms with Crippen LogP contribution in [0.5, 0.6) is 5.75 Å². The second-order valence-electron chi connectivity index (χ2n) is 5.16. The van der Waals surface area contributed by atoms with Gasteiger partial charge < -0.3 is 15.8 Å². The van der Waals surface area contributed by atoms with Crippen LogP contribution in [0.3, 0.4) is 0 Å². The number of nitrogen functional groups attached to an aromatic ring is 1. The Morgan fingerprint density at radius 2 is 2.15 bits per heavy atom. The van der Waals surface area contributed by atoms with E-state index >= 15 is 0 Å². The molecule has 1 saturated carbocycles. The molecule has 0 aromatic heterocycles. The predicted octanol–water partition coefficient (Wildman–Crippen LogP) is 2.90. The minimum absolute atomic E-state index is 0.108.